The van der Waals surface area contributed by atoms with Crippen LogP contribution in [-0.2, 0) is 51.3 Å². The molecule has 2 unspecified atom stereocenters. The van der Waals surface area contributed by atoms with Gasteiger partial charge in [0.25, 0.3) is 11.8 Å². The molecule has 3 rings (SSSR count). The number of nitrogens with zero attached hydrogens (tertiary/aromatic N) is 1. The van der Waals surface area contributed by atoms with Gasteiger partial charge < -0.3 is 38.8 Å². The Balaban J connectivity index is 1.56. The molecule has 0 radical (unpaired) electrons. The first-order chi connectivity index (χ1) is 18.1. The highest BCUT2D eigenvalue weighted by atomic mass is 32.5. The molecule has 1 aromatic carbocycles. The van der Waals surface area contributed by atoms with Gasteiger partial charge in [-0.05, 0) is 36.0 Å². The number of ether oxygens (including phenoxy) is 3. The van der Waals surface area contributed by atoms with Crippen molar-refractivity contribution in [2.45, 2.75) is 31.3 Å². The van der Waals surface area contributed by atoms with Crippen LogP contribution in [0.3, 0.4) is 0 Å². The first-order valence-electron chi connectivity index (χ1n) is 11.6. The van der Waals surface area contributed by atoms with Gasteiger partial charge in [-0.2, -0.15) is 0 Å². The molecule has 2 amide bonds. The van der Waals surface area contributed by atoms with Crippen molar-refractivity contribution < 1.29 is 42.5 Å². The summed E-state index contributed by atoms with van der Waals surface area (Å²) in [7, 11) is 2.71. The predicted octanol–water partition coefficient (Wildman–Crippen LogP) is 1.38. The lowest BCUT2D eigenvalue weighted by atomic mass is 10.1. The Bertz CT molecular complexity index is 1070. The molecule has 2 aliphatic rings. The quantitative estimate of drug-likeness (QED) is 0.140. The molecule has 1 aliphatic carbocycles. The van der Waals surface area contributed by atoms with Gasteiger partial charge in [-0.25, -0.2) is 4.79 Å². The summed E-state index contributed by atoms with van der Waals surface area (Å²) in [5.74, 6) is -1.21. The number of carbonyl (C=O) groups is 3. The summed E-state index contributed by atoms with van der Waals surface area (Å²) in [6.45, 7) is -3.25. The van der Waals surface area contributed by atoms with Gasteiger partial charge in [0.15, 0.2) is 5.11 Å². The number of amides is 2. The fourth-order valence-electron chi connectivity index (χ4n) is 4.12. The summed E-state index contributed by atoms with van der Waals surface area (Å²) in [6, 6.07) is 8.75. The van der Waals surface area contributed by atoms with Crippen LogP contribution >= 0.6 is 18.9 Å². The van der Waals surface area contributed by atoms with E-state index in [-0.39, 0.29) is 43.2 Å². The average molecular weight is 588 g/mol. The second-order valence-corrected chi connectivity index (χ2v) is 11.7. The molecule has 1 fully saturated rings. The summed E-state index contributed by atoms with van der Waals surface area (Å²) < 4.78 is 26.8. The van der Waals surface area contributed by atoms with Crippen LogP contribution in [0, 0.1) is 5.92 Å². The largest absolute Gasteiger partial charge is 0.508 e. The zero-order valence-electron chi connectivity index (χ0n) is 20.8. The number of methoxy groups -OCH3 is 1. The van der Waals surface area contributed by atoms with Crippen molar-refractivity contribution in [3.05, 3.63) is 48.0 Å². The van der Waals surface area contributed by atoms with E-state index >= 15 is 0 Å². The number of imide groups is 1. The summed E-state index contributed by atoms with van der Waals surface area (Å²) in [6.07, 6.45) is 0.518. The normalized spacial score (nSPS) is 24.2. The fraction of sp³-hybridized carbons (Fsp3) is 0.478. The Morgan fingerprint density at radius 3 is 2.45 bits per heavy atom. The predicted molar refractivity (Wildman–Crippen MR) is 143 cm³/mol. The lowest BCUT2D eigenvalue weighted by Crippen LogP contribution is -2.49. The average Bonchev–Trinajstić information content (AvgIpc) is 3.39. The highest BCUT2D eigenvalue weighted by Gasteiger charge is 2.47. The Hall–Kier alpha value is -2.45. The van der Waals surface area contributed by atoms with E-state index in [0.29, 0.717) is 6.42 Å². The molecule has 1 heterocycles. The van der Waals surface area contributed by atoms with Crippen LogP contribution < -0.4 is 10.6 Å². The molecule has 1 saturated carbocycles. The zero-order chi connectivity index (χ0) is 27.7. The molecule has 5 atom stereocenters. The highest BCUT2D eigenvalue weighted by Crippen LogP contribution is 2.48. The van der Waals surface area contributed by atoms with Crippen LogP contribution in [0.5, 0.6) is 0 Å². The molecule has 1 aromatic rings. The molecule has 0 saturated heterocycles. The molecular formula is C23H30N3O9PS2. The Kier molecular flexibility index (Phi) is 11.2. The lowest BCUT2D eigenvalue weighted by Gasteiger charge is -2.28. The van der Waals surface area contributed by atoms with Crippen molar-refractivity contribution >= 4 is 53.8 Å². The number of nitrogens with one attached hydrogen (secondary N) is 2. The maximum atomic E-state index is 12.2. The summed E-state index contributed by atoms with van der Waals surface area (Å²) in [4.78, 5) is 47.0. The van der Waals surface area contributed by atoms with Gasteiger partial charge in [0, 0.05) is 45.4 Å². The van der Waals surface area contributed by atoms with Crippen LogP contribution in [0.15, 0.2) is 42.5 Å². The second kappa shape index (κ2) is 14.1. The van der Waals surface area contributed by atoms with E-state index in [9.17, 15) is 19.3 Å². The van der Waals surface area contributed by atoms with Gasteiger partial charge in [0.05, 0.1) is 6.04 Å². The molecule has 0 aromatic heterocycles. The van der Waals surface area contributed by atoms with E-state index in [1.54, 1.807) is 0 Å². The van der Waals surface area contributed by atoms with Gasteiger partial charge in [-0.1, -0.05) is 30.3 Å². The van der Waals surface area contributed by atoms with E-state index in [0.717, 1.165) is 10.5 Å². The SMILES string of the molecule is COC1[C@@H](OP(O)(=S)OC)[C@@H](COC(=O)OCc2ccccc2)C[C@H]1NC(=S)NCCN1C(=O)C=CC1=O. The standard InChI is InChI=1S/C23H30N3O9PS2/c1-31-21-17(25-22(37)24-10-11-26-18(27)8-9-19(26)28)12-16(20(21)35-36(30,38)32-2)14-34-23(29)33-13-15-6-4-3-5-7-15/h3-9,16-17,20-21H,10-14H2,1-2H3,(H,30,38)(H2,24,25,37)/t16-,17-,20+,21?,36?/m1/s1. The Morgan fingerprint density at radius 2 is 1.82 bits per heavy atom. The fourth-order valence-corrected chi connectivity index (χ4v) is 5.36. The molecular weight excluding hydrogens is 557 g/mol. The van der Waals surface area contributed by atoms with Crippen LogP contribution in [0.4, 0.5) is 4.79 Å². The van der Waals surface area contributed by atoms with Crippen LogP contribution in [0.1, 0.15) is 12.0 Å². The Labute approximate surface area is 230 Å². The van der Waals surface area contributed by atoms with Crippen molar-refractivity contribution in [1.82, 2.24) is 15.5 Å². The van der Waals surface area contributed by atoms with Crippen LogP contribution in [0.25, 0.3) is 0 Å². The lowest BCUT2D eigenvalue weighted by molar-refractivity contribution is -0.136. The third kappa shape index (κ3) is 8.53. The molecule has 3 N–H and O–H groups in total. The number of hydrogen-bond donors (Lipinski definition) is 3. The van der Waals surface area contributed by atoms with E-state index < -0.39 is 37.0 Å². The maximum absolute atomic E-state index is 12.2. The smallest absolute Gasteiger partial charge is 0.434 e. The van der Waals surface area contributed by atoms with Gasteiger partial charge in [-0.15, -0.1) is 0 Å². The van der Waals surface area contributed by atoms with Crippen molar-refractivity contribution in [3.63, 3.8) is 0 Å². The third-order valence-electron chi connectivity index (χ3n) is 5.95. The van der Waals surface area contributed by atoms with Crippen LogP contribution in [0.2, 0.25) is 0 Å². The first kappa shape index (κ1) is 30.1. The van der Waals surface area contributed by atoms with E-state index in [1.165, 1.54) is 26.4 Å². The maximum Gasteiger partial charge on any atom is 0.508 e. The summed E-state index contributed by atoms with van der Waals surface area (Å²) in [5, 5.41) is 6.32. The topological polar surface area (TPSA) is 145 Å². The molecule has 12 nitrogen and oxygen atoms in total. The molecule has 1 aliphatic heterocycles. The molecule has 0 spiro atoms. The Morgan fingerprint density at radius 1 is 1.13 bits per heavy atom. The molecule has 38 heavy (non-hydrogen) atoms. The minimum atomic E-state index is -3.58. The number of hydrogen-bond acceptors (Lipinski definition) is 10. The summed E-state index contributed by atoms with van der Waals surface area (Å²) >= 11 is 10.4. The highest BCUT2D eigenvalue weighted by molar-refractivity contribution is 8.07. The zero-order valence-corrected chi connectivity index (χ0v) is 23.3. The van der Waals surface area contributed by atoms with Crippen molar-refractivity contribution in [2.75, 3.05) is 33.9 Å². The van der Waals surface area contributed by atoms with Gasteiger partial charge >= 0.3 is 12.9 Å². The van der Waals surface area contributed by atoms with Crippen LogP contribution in [-0.4, -0.2) is 85.0 Å². The monoisotopic (exact) mass is 587 g/mol. The van der Waals surface area contributed by atoms with Crippen molar-refractivity contribution in [3.8, 4) is 0 Å². The molecule has 15 heteroatoms. The van der Waals surface area contributed by atoms with Gasteiger partial charge in [0.2, 0.25) is 0 Å². The first-order valence-corrected chi connectivity index (χ1v) is 14.6. The molecule has 0 bridgehead atoms. The van der Waals surface area contributed by atoms with E-state index in [2.05, 4.69) is 10.6 Å². The van der Waals surface area contributed by atoms with Gasteiger partial charge in [-0.3, -0.25) is 14.5 Å². The second-order valence-electron chi connectivity index (χ2n) is 8.42. The number of carbonyl (C=O) groups excluding carboxylic acids is 3. The van der Waals surface area contributed by atoms with Crippen molar-refractivity contribution in [2.24, 2.45) is 5.92 Å². The number of benzene rings is 1. The number of rotatable bonds is 12. The number of thiocarbonyl (C=S) groups is 1. The van der Waals surface area contributed by atoms with E-state index in [4.69, 9.17) is 47.3 Å². The van der Waals surface area contributed by atoms with Crippen molar-refractivity contribution in [1.29, 1.82) is 0 Å². The van der Waals surface area contributed by atoms with E-state index in [1.807, 2.05) is 30.3 Å². The van der Waals surface area contributed by atoms with Gasteiger partial charge in [0.1, 0.15) is 25.4 Å². The minimum absolute atomic E-state index is 0.0564. The minimum Gasteiger partial charge on any atom is -0.434 e. The summed E-state index contributed by atoms with van der Waals surface area (Å²) in [5.41, 5.74) is 0.812. The molecule has 208 valence electrons. The third-order valence-corrected chi connectivity index (χ3v) is 7.89.